The molecule has 0 saturated carbocycles. The summed E-state index contributed by atoms with van der Waals surface area (Å²) >= 11 is 0. The van der Waals surface area contributed by atoms with E-state index in [-0.39, 0.29) is 18.4 Å². The van der Waals surface area contributed by atoms with E-state index in [0.717, 1.165) is 17.5 Å². The number of nitrogens with zero attached hydrogens (tertiary/aromatic N) is 3. The van der Waals surface area contributed by atoms with Gasteiger partial charge in [0, 0.05) is 18.3 Å². The third-order valence-corrected chi connectivity index (χ3v) is 6.31. The molecule has 2 aromatic heterocycles. The van der Waals surface area contributed by atoms with E-state index < -0.39 is 5.54 Å². The summed E-state index contributed by atoms with van der Waals surface area (Å²) in [5, 5.41) is 7.62. The van der Waals surface area contributed by atoms with Crippen LogP contribution in [0.15, 0.2) is 83.5 Å². The highest BCUT2D eigenvalue weighted by Crippen LogP contribution is 2.34. The van der Waals surface area contributed by atoms with E-state index in [9.17, 15) is 9.59 Å². The van der Waals surface area contributed by atoms with Gasteiger partial charge in [-0.3, -0.25) is 19.2 Å². The number of carbonyl (C=O) groups is 2. The van der Waals surface area contributed by atoms with Gasteiger partial charge in [0.15, 0.2) is 5.76 Å². The molecular weight excluding hydrogens is 428 g/mol. The van der Waals surface area contributed by atoms with Crippen LogP contribution in [-0.4, -0.2) is 27.1 Å². The molecule has 3 heterocycles. The highest BCUT2D eigenvalue weighted by atomic mass is 16.3. The summed E-state index contributed by atoms with van der Waals surface area (Å²) < 4.78 is 7.09. The van der Waals surface area contributed by atoms with E-state index in [0.29, 0.717) is 29.4 Å². The van der Waals surface area contributed by atoms with Crippen molar-refractivity contribution in [1.82, 2.24) is 15.1 Å². The van der Waals surface area contributed by atoms with E-state index >= 15 is 0 Å². The van der Waals surface area contributed by atoms with E-state index in [4.69, 9.17) is 4.42 Å². The average molecular weight is 455 g/mol. The van der Waals surface area contributed by atoms with Crippen LogP contribution in [0.25, 0.3) is 11.5 Å². The number of benzene rings is 2. The van der Waals surface area contributed by atoms with E-state index in [1.165, 1.54) is 0 Å². The molecule has 0 radical (unpaired) electrons. The Labute approximate surface area is 198 Å². The van der Waals surface area contributed by atoms with Gasteiger partial charge < -0.3 is 9.73 Å². The Morgan fingerprint density at radius 2 is 1.82 bits per heavy atom. The predicted octanol–water partition coefficient (Wildman–Crippen LogP) is 4.44. The molecule has 1 atom stereocenters. The molecule has 7 nitrogen and oxygen atoms in total. The second-order valence-corrected chi connectivity index (χ2v) is 8.65. The van der Waals surface area contributed by atoms with Gasteiger partial charge in [-0.2, -0.15) is 5.10 Å². The molecule has 1 N–H and O–H groups in total. The van der Waals surface area contributed by atoms with Crippen molar-refractivity contribution in [2.45, 2.75) is 38.9 Å². The highest BCUT2D eigenvalue weighted by molar-refractivity contribution is 6.12. The standard InChI is InChI=1S/C27H26N4O3/c1-3-19-11-13-21(14-12-19)31-25(32)23-16-22(24-10-7-15-34-24)29-30(23)18-27(31,2)26(33)28-17-20-8-5-4-6-9-20/h4-16H,3,17-18H2,1-2H3,(H,28,33). The maximum absolute atomic E-state index is 13.8. The Bertz CT molecular complexity index is 1310. The molecule has 0 spiro atoms. The SMILES string of the molecule is CCc1ccc(N2C(=O)c3cc(-c4ccco4)nn3CC2(C)C(=O)NCc2ccccc2)cc1. The van der Waals surface area contributed by atoms with Crippen LogP contribution in [0.1, 0.15) is 35.5 Å². The molecule has 0 saturated heterocycles. The van der Waals surface area contributed by atoms with Crippen molar-refractivity contribution < 1.29 is 14.0 Å². The molecule has 2 aromatic carbocycles. The largest absolute Gasteiger partial charge is 0.463 e. The monoisotopic (exact) mass is 454 g/mol. The molecule has 172 valence electrons. The maximum atomic E-state index is 13.8. The molecule has 5 rings (SSSR count). The van der Waals surface area contributed by atoms with Crippen LogP contribution in [-0.2, 0) is 24.3 Å². The maximum Gasteiger partial charge on any atom is 0.277 e. The van der Waals surface area contributed by atoms with Gasteiger partial charge in [-0.25, -0.2) is 0 Å². The van der Waals surface area contributed by atoms with Crippen molar-refractivity contribution in [1.29, 1.82) is 0 Å². The van der Waals surface area contributed by atoms with Crippen LogP contribution in [0.5, 0.6) is 0 Å². The number of furan rings is 1. The van der Waals surface area contributed by atoms with Crippen LogP contribution in [0.3, 0.4) is 0 Å². The minimum atomic E-state index is -1.18. The first kappa shape index (κ1) is 21.7. The van der Waals surface area contributed by atoms with Gasteiger partial charge in [0.1, 0.15) is 16.9 Å². The fourth-order valence-electron chi connectivity index (χ4n) is 4.38. The smallest absolute Gasteiger partial charge is 0.277 e. The van der Waals surface area contributed by atoms with Crippen molar-refractivity contribution in [3.8, 4) is 11.5 Å². The van der Waals surface area contributed by atoms with Gasteiger partial charge in [0.05, 0.1) is 12.8 Å². The summed E-state index contributed by atoms with van der Waals surface area (Å²) in [6, 6.07) is 22.8. The summed E-state index contributed by atoms with van der Waals surface area (Å²) in [5.74, 6) is 0.0481. The third kappa shape index (κ3) is 3.79. The molecule has 0 fully saturated rings. The fraction of sp³-hybridized carbons (Fsp3) is 0.222. The molecule has 0 bridgehead atoms. The Hall–Kier alpha value is -4.13. The quantitative estimate of drug-likeness (QED) is 0.467. The summed E-state index contributed by atoms with van der Waals surface area (Å²) in [5.41, 5.74) is 2.61. The Balaban J connectivity index is 1.54. The van der Waals surface area contributed by atoms with Crippen molar-refractivity contribution in [3.63, 3.8) is 0 Å². The first-order chi connectivity index (χ1) is 16.5. The number of aryl methyl sites for hydroxylation is 1. The lowest BCUT2D eigenvalue weighted by molar-refractivity contribution is -0.126. The van der Waals surface area contributed by atoms with Gasteiger partial charge in [-0.05, 0) is 48.7 Å². The summed E-state index contributed by atoms with van der Waals surface area (Å²) in [6.45, 7) is 4.45. The van der Waals surface area contributed by atoms with Gasteiger partial charge in [-0.15, -0.1) is 0 Å². The second-order valence-electron chi connectivity index (χ2n) is 8.65. The molecular formula is C27H26N4O3. The molecule has 2 amide bonds. The van der Waals surface area contributed by atoms with Gasteiger partial charge in [0.25, 0.3) is 5.91 Å². The number of aromatic nitrogens is 2. The lowest BCUT2D eigenvalue weighted by Gasteiger charge is -2.43. The molecule has 7 heteroatoms. The number of anilines is 1. The third-order valence-electron chi connectivity index (χ3n) is 6.31. The number of nitrogens with one attached hydrogen (secondary N) is 1. The zero-order valence-electron chi connectivity index (χ0n) is 19.2. The zero-order valence-corrected chi connectivity index (χ0v) is 19.2. The average Bonchev–Trinajstić information content (AvgIpc) is 3.54. The first-order valence-electron chi connectivity index (χ1n) is 11.4. The minimum absolute atomic E-state index is 0.213. The topological polar surface area (TPSA) is 80.4 Å². The number of amides is 2. The van der Waals surface area contributed by atoms with Crippen LogP contribution < -0.4 is 10.2 Å². The lowest BCUT2D eigenvalue weighted by Crippen LogP contribution is -2.64. The molecule has 1 aliphatic heterocycles. The highest BCUT2D eigenvalue weighted by Gasteiger charge is 2.48. The van der Waals surface area contributed by atoms with Crippen molar-refractivity contribution in [2.75, 3.05) is 4.90 Å². The van der Waals surface area contributed by atoms with Crippen LogP contribution in [0.2, 0.25) is 0 Å². The second kappa shape index (κ2) is 8.67. The zero-order chi connectivity index (χ0) is 23.7. The van der Waals surface area contributed by atoms with Gasteiger partial charge in [-0.1, -0.05) is 49.4 Å². The number of hydrogen-bond donors (Lipinski definition) is 1. The predicted molar refractivity (Wildman–Crippen MR) is 129 cm³/mol. The lowest BCUT2D eigenvalue weighted by atomic mass is 9.93. The van der Waals surface area contributed by atoms with E-state index in [1.54, 1.807) is 41.0 Å². The number of carbonyl (C=O) groups excluding carboxylic acids is 2. The summed E-state index contributed by atoms with van der Waals surface area (Å²) in [4.78, 5) is 29.0. The number of fused-ring (bicyclic) bond motifs is 1. The van der Waals surface area contributed by atoms with Crippen LogP contribution >= 0.6 is 0 Å². The van der Waals surface area contributed by atoms with Gasteiger partial charge >= 0.3 is 0 Å². The van der Waals surface area contributed by atoms with Crippen molar-refractivity contribution in [2.24, 2.45) is 0 Å². The van der Waals surface area contributed by atoms with E-state index in [1.807, 2.05) is 54.6 Å². The first-order valence-corrected chi connectivity index (χ1v) is 11.4. The number of rotatable bonds is 6. The molecule has 1 unspecified atom stereocenters. The van der Waals surface area contributed by atoms with Gasteiger partial charge in [0.2, 0.25) is 5.91 Å². The van der Waals surface area contributed by atoms with Crippen molar-refractivity contribution in [3.05, 3.63) is 95.9 Å². The Morgan fingerprint density at radius 3 is 2.50 bits per heavy atom. The summed E-state index contributed by atoms with van der Waals surface area (Å²) in [6.07, 6.45) is 2.46. The normalized spacial score (nSPS) is 17.5. The van der Waals surface area contributed by atoms with Crippen molar-refractivity contribution >= 4 is 17.5 Å². The molecule has 4 aromatic rings. The molecule has 0 aliphatic carbocycles. The number of hydrogen-bond acceptors (Lipinski definition) is 4. The molecule has 1 aliphatic rings. The summed E-state index contributed by atoms with van der Waals surface area (Å²) in [7, 11) is 0. The minimum Gasteiger partial charge on any atom is -0.463 e. The van der Waals surface area contributed by atoms with E-state index in [2.05, 4.69) is 17.3 Å². The Kier molecular flexibility index (Phi) is 5.53. The van der Waals surface area contributed by atoms with Crippen LogP contribution in [0.4, 0.5) is 5.69 Å². The Morgan fingerprint density at radius 1 is 1.06 bits per heavy atom. The molecule has 34 heavy (non-hydrogen) atoms. The fourth-order valence-corrected chi connectivity index (χ4v) is 4.38. The van der Waals surface area contributed by atoms with Crippen LogP contribution in [0, 0.1) is 0 Å².